The van der Waals surface area contributed by atoms with Crippen molar-refractivity contribution in [2.24, 2.45) is 0 Å². The van der Waals surface area contributed by atoms with E-state index in [-0.39, 0.29) is 23.8 Å². The first-order chi connectivity index (χ1) is 16.2. The topological polar surface area (TPSA) is 80.5 Å². The van der Waals surface area contributed by atoms with Crippen molar-refractivity contribution in [1.29, 1.82) is 0 Å². The smallest absolute Gasteiger partial charge is 0.253 e. The zero-order valence-corrected chi connectivity index (χ0v) is 20.9. The summed E-state index contributed by atoms with van der Waals surface area (Å²) in [6.45, 7) is 7.39. The highest BCUT2D eigenvalue weighted by Crippen LogP contribution is 2.36. The molecular formula is C26H28Cl2N4O2. The Hall–Kier alpha value is -2.80. The van der Waals surface area contributed by atoms with Crippen LogP contribution in [0.25, 0.3) is 11.1 Å². The Balaban J connectivity index is 1.59. The number of pyridine rings is 1. The molecule has 0 bridgehead atoms. The Morgan fingerprint density at radius 3 is 2.41 bits per heavy atom. The van der Waals surface area contributed by atoms with Crippen LogP contribution >= 0.6 is 23.2 Å². The monoisotopic (exact) mass is 498 g/mol. The summed E-state index contributed by atoms with van der Waals surface area (Å²) in [6, 6.07) is 15.2. The van der Waals surface area contributed by atoms with Crippen LogP contribution in [0.1, 0.15) is 42.8 Å². The van der Waals surface area contributed by atoms with Crippen molar-refractivity contribution in [2.45, 2.75) is 39.0 Å². The average Bonchev–Trinajstić information content (AvgIpc) is 2.79. The first-order valence-electron chi connectivity index (χ1n) is 11.2. The molecule has 3 aromatic rings. The molecule has 2 aromatic carbocycles. The number of hydrogen-bond acceptors (Lipinski definition) is 5. The number of nitrogens with zero attached hydrogens (tertiary/aromatic N) is 2. The molecule has 1 fully saturated rings. The fourth-order valence-corrected chi connectivity index (χ4v) is 5.07. The van der Waals surface area contributed by atoms with Crippen LogP contribution in [-0.2, 0) is 0 Å². The summed E-state index contributed by atoms with van der Waals surface area (Å²) in [6.07, 6.45) is 1.23. The fraction of sp³-hybridized carbons (Fsp3) is 0.308. The number of ether oxygens (including phenoxy) is 1. The molecule has 1 amide bonds. The fourth-order valence-electron chi connectivity index (χ4n) is 4.36. The van der Waals surface area contributed by atoms with Crippen molar-refractivity contribution < 1.29 is 9.53 Å². The van der Waals surface area contributed by atoms with Gasteiger partial charge in [0.05, 0.1) is 0 Å². The molecule has 6 nitrogen and oxygen atoms in total. The third kappa shape index (κ3) is 5.30. The lowest BCUT2D eigenvalue weighted by Gasteiger charge is -2.36. The molecule has 4 rings (SSSR count). The van der Waals surface area contributed by atoms with Gasteiger partial charge >= 0.3 is 0 Å². The minimum Gasteiger partial charge on any atom is -0.482 e. The maximum atomic E-state index is 13.2. The molecule has 0 aliphatic carbocycles. The largest absolute Gasteiger partial charge is 0.482 e. The highest BCUT2D eigenvalue weighted by Gasteiger charge is 2.26. The van der Waals surface area contributed by atoms with Crippen LogP contribution in [0.2, 0.25) is 10.0 Å². The normalized spacial score (nSPS) is 19.0. The van der Waals surface area contributed by atoms with Crippen LogP contribution in [0.15, 0.2) is 54.7 Å². The summed E-state index contributed by atoms with van der Waals surface area (Å²) in [7, 11) is 0. The number of amides is 1. The lowest BCUT2D eigenvalue weighted by Crippen LogP contribution is -2.55. The zero-order valence-electron chi connectivity index (χ0n) is 19.4. The molecule has 178 valence electrons. The van der Waals surface area contributed by atoms with Crippen LogP contribution in [0.3, 0.4) is 0 Å². The quantitative estimate of drug-likeness (QED) is 0.478. The molecule has 3 atom stereocenters. The number of anilines is 1. The minimum absolute atomic E-state index is 0.0175. The second-order valence-corrected chi connectivity index (χ2v) is 9.58. The Morgan fingerprint density at radius 1 is 1.09 bits per heavy atom. The SMILES string of the molecule is CC1CN(C(=O)c2cccc(-c3cnc(N)c(OC(C)c4c(Cl)cccc4Cl)c3)c2)CC(C)N1. The standard InChI is InChI=1S/C26H28Cl2N4O2/c1-15-13-32(14-16(2)31-15)26(33)19-7-4-6-18(10-19)20-11-23(25(29)30-12-20)34-17(3)24-21(27)8-5-9-22(24)28/h4-12,15-17,31H,13-14H2,1-3H3,(H2,29,30). The highest BCUT2D eigenvalue weighted by molar-refractivity contribution is 6.36. The van der Waals surface area contributed by atoms with Gasteiger partial charge in [-0.1, -0.05) is 41.4 Å². The maximum absolute atomic E-state index is 13.2. The summed E-state index contributed by atoms with van der Waals surface area (Å²) in [5.74, 6) is 0.696. The van der Waals surface area contributed by atoms with E-state index in [4.69, 9.17) is 33.7 Å². The molecule has 0 spiro atoms. The Bertz CT molecular complexity index is 1170. The van der Waals surface area contributed by atoms with E-state index in [9.17, 15) is 4.79 Å². The number of benzene rings is 2. The van der Waals surface area contributed by atoms with E-state index in [0.29, 0.717) is 40.0 Å². The van der Waals surface area contributed by atoms with Gasteiger partial charge in [0.15, 0.2) is 11.6 Å². The van der Waals surface area contributed by atoms with Gasteiger partial charge < -0.3 is 20.7 Å². The third-order valence-electron chi connectivity index (χ3n) is 5.88. The number of rotatable bonds is 5. The minimum atomic E-state index is -0.440. The number of hydrogen-bond donors (Lipinski definition) is 2. The van der Waals surface area contributed by atoms with E-state index in [0.717, 1.165) is 11.1 Å². The third-order valence-corrected chi connectivity index (χ3v) is 6.54. The van der Waals surface area contributed by atoms with E-state index in [1.54, 1.807) is 24.4 Å². The lowest BCUT2D eigenvalue weighted by molar-refractivity contribution is 0.0674. The second-order valence-electron chi connectivity index (χ2n) is 8.76. The molecule has 8 heteroatoms. The van der Waals surface area contributed by atoms with Gasteiger partial charge in [0.1, 0.15) is 6.10 Å². The molecular weight excluding hydrogens is 471 g/mol. The second kappa shape index (κ2) is 10.2. The van der Waals surface area contributed by atoms with Crippen LogP contribution in [0.4, 0.5) is 5.82 Å². The summed E-state index contributed by atoms with van der Waals surface area (Å²) >= 11 is 12.7. The van der Waals surface area contributed by atoms with Crippen molar-refractivity contribution in [3.63, 3.8) is 0 Å². The van der Waals surface area contributed by atoms with Gasteiger partial charge in [0.25, 0.3) is 5.91 Å². The molecule has 0 saturated carbocycles. The van der Waals surface area contributed by atoms with Crippen molar-refractivity contribution >= 4 is 34.9 Å². The molecule has 2 heterocycles. The molecule has 1 saturated heterocycles. The van der Waals surface area contributed by atoms with Gasteiger partial charge in [-0.25, -0.2) is 4.98 Å². The number of nitrogen functional groups attached to an aromatic ring is 1. The van der Waals surface area contributed by atoms with E-state index in [2.05, 4.69) is 24.1 Å². The lowest BCUT2D eigenvalue weighted by atomic mass is 10.0. The van der Waals surface area contributed by atoms with Crippen molar-refractivity contribution in [2.75, 3.05) is 18.8 Å². The van der Waals surface area contributed by atoms with Gasteiger partial charge in [0, 0.05) is 58.1 Å². The van der Waals surface area contributed by atoms with Gasteiger partial charge in [-0.05, 0) is 56.7 Å². The summed E-state index contributed by atoms with van der Waals surface area (Å²) in [4.78, 5) is 19.4. The van der Waals surface area contributed by atoms with E-state index >= 15 is 0 Å². The van der Waals surface area contributed by atoms with Gasteiger partial charge in [-0.15, -0.1) is 0 Å². The number of carbonyl (C=O) groups is 1. The molecule has 1 aliphatic rings. The molecule has 0 radical (unpaired) electrons. The Kier molecular flexibility index (Phi) is 7.31. The van der Waals surface area contributed by atoms with Gasteiger partial charge in [-0.3, -0.25) is 4.79 Å². The molecule has 34 heavy (non-hydrogen) atoms. The van der Waals surface area contributed by atoms with Crippen molar-refractivity contribution in [3.05, 3.63) is 75.9 Å². The molecule has 3 N–H and O–H groups in total. The van der Waals surface area contributed by atoms with Gasteiger partial charge in [0.2, 0.25) is 0 Å². The molecule has 3 unspecified atom stereocenters. The number of piperazine rings is 1. The average molecular weight is 499 g/mol. The molecule has 1 aliphatic heterocycles. The Morgan fingerprint density at radius 2 is 1.74 bits per heavy atom. The number of nitrogens with one attached hydrogen (secondary N) is 1. The predicted molar refractivity (Wildman–Crippen MR) is 138 cm³/mol. The van der Waals surface area contributed by atoms with E-state index in [1.807, 2.05) is 42.2 Å². The summed E-state index contributed by atoms with van der Waals surface area (Å²) in [5, 5.41) is 4.49. The maximum Gasteiger partial charge on any atom is 0.253 e. The number of aromatic nitrogens is 1. The molecule has 1 aromatic heterocycles. The van der Waals surface area contributed by atoms with Crippen LogP contribution in [-0.4, -0.2) is 41.0 Å². The highest BCUT2D eigenvalue weighted by atomic mass is 35.5. The van der Waals surface area contributed by atoms with E-state index in [1.165, 1.54) is 0 Å². The predicted octanol–water partition coefficient (Wildman–Crippen LogP) is 5.60. The summed E-state index contributed by atoms with van der Waals surface area (Å²) < 4.78 is 6.11. The zero-order chi connectivity index (χ0) is 24.4. The summed E-state index contributed by atoms with van der Waals surface area (Å²) in [5.41, 5.74) is 9.06. The van der Waals surface area contributed by atoms with Crippen molar-refractivity contribution in [1.82, 2.24) is 15.2 Å². The van der Waals surface area contributed by atoms with E-state index < -0.39 is 6.10 Å². The van der Waals surface area contributed by atoms with Crippen LogP contribution in [0.5, 0.6) is 5.75 Å². The Labute approximate surface area is 210 Å². The first-order valence-corrected chi connectivity index (χ1v) is 12.0. The van der Waals surface area contributed by atoms with Crippen molar-refractivity contribution in [3.8, 4) is 16.9 Å². The van der Waals surface area contributed by atoms with Gasteiger partial charge in [-0.2, -0.15) is 0 Å². The first kappa shape index (κ1) is 24.3. The van der Waals surface area contributed by atoms with Crippen LogP contribution < -0.4 is 15.8 Å². The number of carbonyl (C=O) groups excluding carboxylic acids is 1. The number of nitrogens with two attached hydrogens (primary N) is 1. The van der Waals surface area contributed by atoms with Crippen LogP contribution in [0, 0.1) is 0 Å². The number of halogens is 2.